The minimum absolute atomic E-state index is 0. The number of nitrogens with one attached hydrogen (secondary N) is 1. The summed E-state index contributed by atoms with van der Waals surface area (Å²) < 4.78 is 2.00. The van der Waals surface area contributed by atoms with Crippen LogP contribution in [-0.2, 0) is 6.54 Å². The molecule has 2 aromatic heterocycles. The van der Waals surface area contributed by atoms with Crippen molar-refractivity contribution >= 4 is 35.9 Å². The van der Waals surface area contributed by atoms with Crippen LogP contribution in [0.2, 0.25) is 0 Å². The summed E-state index contributed by atoms with van der Waals surface area (Å²) in [7, 11) is 1.84. The lowest BCUT2D eigenvalue weighted by atomic mass is 10.3. The number of rotatable bonds is 6. The molecule has 9 nitrogen and oxygen atoms in total. The zero-order chi connectivity index (χ0) is 17.3. The lowest BCUT2D eigenvalue weighted by molar-refractivity contribution is 0.369. The third kappa shape index (κ3) is 5.78. The molecule has 3 rings (SSSR count). The standard InChI is InChI=1S/C16H25N9.HI/c1-17-15(18-5-2-3-8-23-13-21-22-14-23)24-9-11-25(12-10-24)16-19-6-4-7-20-16;/h4,6-7,13-14H,2-3,5,8-12H2,1H3,(H,17,18);1H. The molecule has 0 aliphatic carbocycles. The third-order valence-electron chi connectivity index (χ3n) is 4.22. The van der Waals surface area contributed by atoms with E-state index in [-0.39, 0.29) is 24.0 Å². The number of nitrogens with zero attached hydrogens (tertiary/aromatic N) is 8. The molecular formula is C16H26IN9. The van der Waals surface area contributed by atoms with Crippen LogP contribution < -0.4 is 10.2 Å². The molecule has 0 unspecified atom stereocenters. The van der Waals surface area contributed by atoms with Gasteiger partial charge >= 0.3 is 0 Å². The van der Waals surface area contributed by atoms with Gasteiger partial charge < -0.3 is 19.7 Å². The summed E-state index contributed by atoms with van der Waals surface area (Å²) in [6.45, 7) is 5.49. The first kappa shape index (κ1) is 20.3. The van der Waals surface area contributed by atoms with Crippen molar-refractivity contribution in [2.45, 2.75) is 19.4 Å². The van der Waals surface area contributed by atoms with E-state index in [1.807, 2.05) is 17.7 Å². The Labute approximate surface area is 171 Å². The fourth-order valence-corrected chi connectivity index (χ4v) is 2.86. The quantitative estimate of drug-likeness (QED) is 0.290. The summed E-state index contributed by atoms with van der Waals surface area (Å²) >= 11 is 0. The third-order valence-corrected chi connectivity index (χ3v) is 4.22. The zero-order valence-corrected chi connectivity index (χ0v) is 17.4. The molecule has 0 radical (unpaired) electrons. The predicted molar refractivity (Wildman–Crippen MR) is 112 cm³/mol. The van der Waals surface area contributed by atoms with E-state index in [4.69, 9.17) is 0 Å². The first-order valence-corrected chi connectivity index (χ1v) is 8.67. The smallest absolute Gasteiger partial charge is 0.225 e. The van der Waals surface area contributed by atoms with E-state index < -0.39 is 0 Å². The maximum Gasteiger partial charge on any atom is 0.225 e. The van der Waals surface area contributed by atoms with Gasteiger partial charge in [0.05, 0.1) is 0 Å². The van der Waals surface area contributed by atoms with Crippen LogP contribution in [0.1, 0.15) is 12.8 Å². The van der Waals surface area contributed by atoms with E-state index in [9.17, 15) is 0 Å². The van der Waals surface area contributed by atoms with Gasteiger partial charge in [0, 0.05) is 58.7 Å². The molecule has 0 saturated carbocycles. The van der Waals surface area contributed by atoms with Gasteiger partial charge in [0.2, 0.25) is 5.95 Å². The van der Waals surface area contributed by atoms with Crippen molar-refractivity contribution < 1.29 is 0 Å². The van der Waals surface area contributed by atoms with Crippen molar-refractivity contribution in [3.63, 3.8) is 0 Å². The Morgan fingerprint density at radius 1 is 1.08 bits per heavy atom. The van der Waals surface area contributed by atoms with Gasteiger partial charge in [0.1, 0.15) is 12.7 Å². The molecule has 1 fully saturated rings. The molecule has 0 spiro atoms. The Bertz CT molecular complexity index is 639. The topological polar surface area (TPSA) is 87.4 Å². The molecule has 1 aliphatic rings. The summed E-state index contributed by atoms with van der Waals surface area (Å²) in [4.78, 5) is 17.6. The molecule has 10 heteroatoms. The number of aryl methyl sites for hydroxylation is 1. The van der Waals surface area contributed by atoms with Crippen molar-refractivity contribution in [3.8, 4) is 0 Å². The molecule has 0 amide bonds. The highest BCUT2D eigenvalue weighted by molar-refractivity contribution is 14.0. The average Bonchev–Trinajstić information content (AvgIpc) is 3.19. The van der Waals surface area contributed by atoms with Crippen LogP contribution in [0.5, 0.6) is 0 Å². The van der Waals surface area contributed by atoms with Crippen LogP contribution in [0.3, 0.4) is 0 Å². The molecule has 0 aromatic carbocycles. The fraction of sp³-hybridized carbons (Fsp3) is 0.562. The highest BCUT2D eigenvalue weighted by Gasteiger charge is 2.20. The number of piperazine rings is 1. The number of hydrogen-bond donors (Lipinski definition) is 1. The van der Waals surface area contributed by atoms with Gasteiger partial charge in [0.25, 0.3) is 0 Å². The molecule has 0 atom stereocenters. The fourth-order valence-electron chi connectivity index (χ4n) is 2.86. The van der Waals surface area contributed by atoms with E-state index >= 15 is 0 Å². The van der Waals surface area contributed by atoms with Crippen LogP contribution in [0.4, 0.5) is 5.95 Å². The van der Waals surface area contributed by atoms with E-state index in [0.29, 0.717) is 0 Å². The summed E-state index contributed by atoms with van der Waals surface area (Å²) in [6.07, 6.45) is 9.24. The van der Waals surface area contributed by atoms with Crippen molar-refractivity contribution in [2.75, 3.05) is 44.7 Å². The Morgan fingerprint density at radius 3 is 2.42 bits per heavy atom. The Hall–Kier alpha value is -1.98. The molecule has 3 heterocycles. The molecule has 26 heavy (non-hydrogen) atoms. The minimum atomic E-state index is 0. The van der Waals surface area contributed by atoms with Gasteiger partial charge in [0.15, 0.2) is 5.96 Å². The van der Waals surface area contributed by atoms with Crippen molar-refractivity contribution in [1.82, 2.24) is 34.9 Å². The van der Waals surface area contributed by atoms with Crippen molar-refractivity contribution in [3.05, 3.63) is 31.1 Å². The van der Waals surface area contributed by atoms with Crippen LogP contribution in [0.15, 0.2) is 36.1 Å². The van der Waals surface area contributed by atoms with E-state index in [1.54, 1.807) is 25.0 Å². The number of unbranched alkanes of at least 4 members (excludes halogenated alkanes) is 1. The summed E-state index contributed by atoms with van der Waals surface area (Å²) in [5.74, 6) is 1.78. The van der Waals surface area contributed by atoms with Crippen molar-refractivity contribution in [2.24, 2.45) is 4.99 Å². The normalized spacial score (nSPS) is 14.9. The molecule has 1 N–H and O–H groups in total. The Morgan fingerprint density at radius 2 is 1.77 bits per heavy atom. The second kappa shape index (κ2) is 10.9. The Kier molecular flexibility index (Phi) is 8.51. The number of halogens is 1. The van der Waals surface area contributed by atoms with E-state index in [2.05, 4.69) is 40.3 Å². The Balaban J connectivity index is 0.00000243. The number of hydrogen-bond acceptors (Lipinski definition) is 6. The molecule has 1 saturated heterocycles. The molecule has 0 bridgehead atoms. The van der Waals surface area contributed by atoms with E-state index in [1.165, 1.54) is 0 Å². The minimum Gasteiger partial charge on any atom is -0.356 e. The van der Waals surface area contributed by atoms with Crippen molar-refractivity contribution in [1.29, 1.82) is 0 Å². The number of aromatic nitrogens is 5. The van der Waals surface area contributed by atoms with Gasteiger partial charge in [-0.3, -0.25) is 4.99 Å². The molecule has 142 valence electrons. The summed E-state index contributed by atoms with van der Waals surface area (Å²) in [6, 6.07) is 1.84. The van der Waals surface area contributed by atoms with Crippen LogP contribution in [-0.4, -0.2) is 75.4 Å². The monoisotopic (exact) mass is 471 g/mol. The molecule has 1 aliphatic heterocycles. The predicted octanol–water partition coefficient (Wildman–Crippen LogP) is 0.864. The van der Waals surface area contributed by atoms with E-state index in [0.717, 1.165) is 64.0 Å². The maximum atomic E-state index is 4.41. The van der Waals surface area contributed by atoms with Gasteiger partial charge in [-0.1, -0.05) is 0 Å². The summed E-state index contributed by atoms with van der Waals surface area (Å²) in [5, 5.41) is 11.1. The van der Waals surface area contributed by atoms with Gasteiger partial charge in [-0.15, -0.1) is 34.2 Å². The first-order chi connectivity index (χ1) is 12.4. The molecular weight excluding hydrogens is 445 g/mol. The number of aliphatic imine (C=N–C) groups is 1. The number of guanidine groups is 1. The van der Waals surface area contributed by atoms with Crippen LogP contribution >= 0.6 is 24.0 Å². The lowest BCUT2D eigenvalue weighted by Crippen LogP contribution is -2.53. The SMILES string of the molecule is CN=C(NCCCCn1cnnc1)N1CCN(c2ncccn2)CC1.I. The summed E-state index contributed by atoms with van der Waals surface area (Å²) in [5.41, 5.74) is 0. The second-order valence-corrected chi connectivity index (χ2v) is 5.90. The van der Waals surface area contributed by atoms with Gasteiger partial charge in [-0.2, -0.15) is 0 Å². The second-order valence-electron chi connectivity index (χ2n) is 5.90. The maximum absolute atomic E-state index is 4.41. The first-order valence-electron chi connectivity index (χ1n) is 8.67. The highest BCUT2D eigenvalue weighted by atomic mass is 127. The van der Waals surface area contributed by atoms with Gasteiger partial charge in [-0.05, 0) is 18.9 Å². The van der Waals surface area contributed by atoms with Crippen LogP contribution in [0, 0.1) is 0 Å². The largest absolute Gasteiger partial charge is 0.356 e. The average molecular weight is 471 g/mol. The zero-order valence-electron chi connectivity index (χ0n) is 15.0. The lowest BCUT2D eigenvalue weighted by Gasteiger charge is -2.36. The van der Waals surface area contributed by atoms with Crippen LogP contribution in [0.25, 0.3) is 0 Å². The highest BCUT2D eigenvalue weighted by Crippen LogP contribution is 2.09. The van der Waals surface area contributed by atoms with Gasteiger partial charge in [-0.25, -0.2) is 9.97 Å². The molecule has 2 aromatic rings. The number of anilines is 1.